The molecule has 218 valence electrons. The summed E-state index contributed by atoms with van der Waals surface area (Å²) in [5, 5.41) is 12.9. The van der Waals surface area contributed by atoms with Crippen LogP contribution < -0.4 is 16.2 Å². The predicted octanol–water partition coefficient (Wildman–Crippen LogP) is 5.77. The zero-order valence-electron chi connectivity index (χ0n) is 23.4. The number of amides is 2. The second kappa shape index (κ2) is 13.9. The lowest BCUT2D eigenvalue weighted by molar-refractivity contribution is -0.0603. The Balaban J connectivity index is 1.67. The van der Waals surface area contributed by atoms with E-state index in [1.54, 1.807) is 29.2 Å². The fourth-order valence-electron chi connectivity index (χ4n) is 5.49. The van der Waals surface area contributed by atoms with Crippen molar-refractivity contribution < 1.29 is 24.2 Å². The van der Waals surface area contributed by atoms with Gasteiger partial charge in [0.15, 0.2) is 5.75 Å². The van der Waals surface area contributed by atoms with Gasteiger partial charge in [-0.05, 0) is 73.6 Å². The van der Waals surface area contributed by atoms with Gasteiger partial charge in [0.2, 0.25) is 0 Å². The number of likely N-dealkylation sites (tertiary alicyclic amines) is 1. The van der Waals surface area contributed by atoms with Gasteiger partial charge in [-0.15, -0.1) is 0 Å². The van der Waals surface area contributed by atoms with Crippen LogP contribution in [0.5, 0.6) is 11.5 Å². The van der Waals surface area contributed by atoms with Crippen molar-refractivity contribution in [2.75, 3.05) is 19.7 Å². The number of hydrogen-bond donors (Lipinski definition) is 3. The molecule has 5 N–H and O–H groups in total. The topological polar surface area (TPSA) is 128 Å². The number of carbonyl (C=O) groups excluding carboxylic acids is 2. The maximum Gasteiger partial charge on any atom is 0.404 e. The standard InChI is InChI=1S/C32H38ClN3O5/c1-2-22-7-3-9-26(19-22)41-29-27(10-4-11-28(29)33)32(39,16-6-18-40-31(35)38)25-8-5-17-36(21-25)30(37)24-14-12-23(20-34)13-15-24/h3-4,7,9-15,19,25,39H,2,5-6,8,16-18,20-21,34H2,1H3,(H2,35,38)/t25-,32+/m1/s1. The smallest absolute Gasteiger partial charge is 0.404 e. The van der Waals surface area contributed by atoms with E-state index in [-0.39, 0.29) is 24.9 Å². The van der Waals surface area contributed by atoms with Crippen LogP contribution >= 0.6 is 11.6 Å². The molecule has 0 aliphatic carbocycles. The minimum absolute atomic E-state index is 0.0514. The molecule has 0 aromatic heterocycles. The van der Waals surface area contributed by atoms with Gasteiger partial charge in [-0.1, -0.05) is 54.9 Å². The first kappa shape index (κ1) is 30.4. The minimum atomic E-state index is -1.44. The van der Waals surface area contributed by atoms with Crippen LogP contribution in [0.15, 0.2) is 66.7 Å². The number of piperidine rings is 1. The molecule has 1 heterocycles. The van der Waals surface area contributed by atoms with Crippen LogP contribution in [0.4, 0.5) is 4.79 Å². The molecule has 2 amide bonds. The Bertz CT molecular complexity index is 1350. The summed E-state index contributed by atoms with van der Waals surface area (Å²) in [6.45, 7) is 3.43. The molecule has 1 saturated heterocycles. The van der Waals surface area contributed by atoms with E-state index in [4.69, 9.17) is 32.5 Å². The lowest BCUT2D eigenvalue weighted by atomic mass is 9.74. The highest BCUT2D eigenvalue weighted by atomic mass is 35.5. The molecule has 4 rings (SSSR count). The molecule has 9 heteroatoms. The molecule has 2 atom stereocenters. The van der Waals surface area contributed by atoms with Crippen LogP contribution in [0.2, 0.25) is 5.02 Å². The predicted molar refractivity (Wildman–Crippen MR) is 159 cm³/mol. The van der Waals surface area contributed by atoms with Gasteiger partial charge in [0.1, 0.15) is 5.75 Å². The molecule has 1 aliphatic heterocycles. The summed E-state index contributed by atoms with van der Waals surface area (Å²) in [7, 11) is 0. The van der Waals surface area contributed by atoms with Gasteiger partial charge in [-0.3, -0.25) is 4.79 Å². The Morgan fingerprint density at radius 2 is 1.85 bits per heavy atom. The highest BCUT2D eigenvalue weighted by Crippen LogP contribution is 2.46. The van der Waals surface area contributed by atoms with Gasteiger partial charge in [-0.25, -0.2) is 4.79 Å². The van der Waals surface area contributed by atoms with Crippen molar-refractivity contribution in [2.45, 2.75) is 51.2 Å². The van der Waals surface area contributed by atoms with Gasteiger partial charge in [0, 0.05) is 36.7 Å². The van der Waals surface area contributed by atoms with Gasteiger partial charge in [0.05, 0.1) is 17.2 Å². The normalized spacial score (nSPS) is 16.6. The van der Waals surface area contributed by atoms with Crippen molar-refractivity contribution in [3.05, 3.63) is 94.0 Å². The number of benzene rings is 3. The number of halogens is 1. The van der Waals surface area contributed by atoms with E-state index in [0.29, 0.717) is 66.5 Å². The summed E-state index contributed by atoms with van der Waals surface area (Å²) in [6, 6.07) is 20.3. The molecule has 3 aromatic rings. The molecule has 0 radical (unpaired) electrons. The monoisotopic (exact) mass is 579 g/mol. The van der Waals surface area contributed by atoms with E-state index in [0.717, 1.165) is 17.5 Å². The Morgan fingerprint density at radius 3 is 2.56 bits per heavy atom. The van der Waals surface area contributed by atoms with Gasteiger partial charge in [-0.2, -0.15) is 0 Å². The molecule has 0 bridgehead atoms. The fraction of sp³-hybridized carbons (Fsp3) is 0.375. The summed E-state index contributed by atoms with van der Waals surface area (Å²) < 4.78 is 11.3. The summed E-state index contributed by atoms with van der Waals surface area (Å²) >= 11 is 6.69. The van der Waals surface area contributed by atoms with Crippen LogP contribution in [-0.4, -0.2) is 41.7 Å². The zero-order chi connectivity index (χ0) is 29.4. The third-order valence-electron chi connectivity index (χ3n) is 7.73. The van der Waals surface area contributed by atoms with E-state index >= 15 is 0 Å². The zero-order valence-corrected chi connectivity index (χ0v) is 24.1. The number of nitrogens with zero attached hydrogens (tertiary/aromatic N) is 1. The molecule has 0 spiro atoms. The van der Waals surface area contributed by atoms with E-state index in [9.17, 15) is 14.7 Å². The summed E-state index contributed by atoms with van der Waals surface area (Å²) in [4.78, 5) is 26.4. The van der Waals surface area contributed by atoms with E-state index in [2.05, 4.69) is 6.92 Å². The molecule has 0 saturated carbocycles. The lowest BCUT2D eigenvalue weighted by Crippen LogP contribution is -2.48. The average molecular weight is 580 g/mol. The summed E-state index contributed by atoms with van der Waals surface area (Å²) in [5.74, 6) is 0.539. The molecule has 1 aliphatic rings. The number of hydrogen-bond acceptors (Lipinski definition) is 6. The second-order valence-electron chi connectivity index (χ2n) is 10.4. The van der Waals surface area contributed by atoms with Crippen molar-refractivity contribution in [1.29, 1.82) is 0 Å². The van der Waals surface area contributed by atoms with Crippen molar-refractivity contribution in [2.24, 2.45) is 17.4 Å². The van der Waals surface area contributed by atoms with E-state index in [1.807, 2.05) is 42.5 Å². The SMILES string of the molecule is CCc1cccc(Oc2c(Cl)cccc2[C@](O)(CCCOC(N)=O)[C@@H]2CCCN(C(=O)c3ccc(CN)cc3)C2)c1. The first-order valence-corrected chi connectivity index (χ1v) is 14.4. The number of rotatable bonds is 11. The van der Waals surface area contributed by atoms with Crippen LogP contribution in [-0.2, 0) is 23.3 Å². The van der Waals surface area contributed by atoms with Gasteiger partial charge in [0.25, 0.3) is 5.91 Å². The average Bonchev–Trinajstić information content (AvgIpc) is 3.00. The fourth-order valence-corrected chi connectivity index (χ4v) is 5.70. The molecule has 1 fully saturated rings. The lowest BCUT2D eigenvalue weighted by Gasteiger charge is -2.43. The Hall–Kier alpha value is -3.59. The molecule has 8 nitrogen and oxygen atoms in total. The Labute approximate surface area is 246 Å². The molecule has 0 unspecified atom stereocenters. The van der Waals surface area contributed by atoms with Crippen molar-refractivity contribution in [3.8, 4) is 11.5 Å². The second-order valence-corrected chi connectivity index (χ2v) is 10.8. The van der Waals surface area contributed by atoms with Crippen LogP contribution in [0.3, 0.4) is 0 Å². The highest BCUT2D eigenvalue weighted by Gasteiger charge is 2.43. The molecule has 41 heavy (non-hydrogen) atoms. The van der Waals surface area contributed by atoms with Crippen LogP contribution in [0.25, 0.3) is 0 Å². The largest absolute Gasteiger partial charge is 0.455 e. The third kappa shape index (κ3) is 7.38. The first-order chi connectivity index (χ1) is 19.7. The molecular weight excluding hydrogens is 542 g/mol. The van der Waals surface area contributed by atoms with E-state index < -0.39 is 11.7 Å². The molecule has 3 aromatic carbocycles. The van der Waals surface area contributed by atoms with Crippen molar-refractivity contribution in [1.82, 2.24) is 4.90 Å². The molecular formula is C32H38ClN3O5. The Morgan fingerprint density at radius 1 is 1.10 bits per heavy atom. The maximum absolute atomic E-state index is 13.5. The summed E-state index contributed by atoms with van der Waals surface area (Å²) in [6.07, 6.45) is 1.96. The Kier molecular flexibility index (Phi) is 10.3. The quantitative estimate of drug-likeness (QED) is 0.247. The number of nitrogens with two attached hydrogens (primary N) is 2. The minimum Gasteiger partial charge on any atom is -0.455 e. The number of para-hydroxylation sites is 1. The van der Waals surface area contributed by atoms with Crippen molar-refractivity contribution in [3.63, 3.8) is 0 Å². The van der Waals surface area contributed by atoms with Crippen molar-refractivity contribution >= 4 is 23.6 Å². The van der Waals surface area contributed by atoms with Crippen LogP contribution in [0.1, 0.15) is 59.7 Å². The number of ether oxygens (including phenoxy) is 2. The van der Waals surface area contributed by atoms with Gasteiger partial charge < -0.3 is 30.9 Å². The van der Waals surface area contributed by atoms with E-state index in [1.165, 1.54) is 0 Å². The number of carbonyl (C=O) groups is 2. The number of primary amides is 1. The maximum atomic E-state index is 13.5. The van der Waals surface area contributed by atoms with Gasteiger partial charge >= 0.3 is 6.09 Å². The first-order valence-electron chi connectivity index (χ1n) is 14.0. The number of aliphatic hydroxyl groups is 1. The van der Waals surface area contributed by atoms with Crippen LogP contribution in [0, 0.1) is 5.92 Å². The highest BCUT2D eigenvalue weighted by molar-refractivity contribution is 6.32. The number of aryl methyl sites for hydroxylation is 1. The third-order valence-corrected chi connectivity index (χ3v) is 8.02. The summed E-state index contributed by atoms with van der Waals surface area (Å²) in [5.41, 5.74) is 12.6.